The number of anilines is 3. The van der Waals surface area contributed by atoms with E-state index in [1.807, 2.05) is 0 Å². The van der Waals surface area contributed by atoms with Crippen LogP contribution in [0.5, 0.6) is 0 Å². The number of hydrogen-bond donors (Lipinski definition) is 0. The Balaban J connectivity index is 1.05. The van der Waals surface area contributed by atoms with E-state index >= 15 is 0 Å². The number of fused-ring (bicyclic) bond motifs is 10. The average Bonchev–Trinajstić information content (AvgIpc) is 3.66. The zero-order chi connectivity index (χ0) is 38.2. The molecule has 1 heterocycles. The van der Waals surface area contributed by atoms with E-state index < -0.39 is 0 Å². The lowest BCUT2D eigenvalue weighted by Gasteiger charge is -2.28. The van der Waals surface area contributed by atoms with Crippen LogP contribution in [0.4, 0.5) is 17.1 Å². The largest absolute Gasteiger partial charge is 0.455 e. The molecule has 0 unspecified atom stereocenters. The monoisotopic (exact) mass is 737 g/mol. The second-order valence-corrected chi connectivity index (χ2v) is 15.3. The van der Waals surface area contributed by atoms with Crippen LogP contribution in [0, 0.1) is 0 Å². The second kappa shape index (κ2) is 12.9. The van der Waals surface area contributed by atoms with Crippen molar-refractivity contribution >= 4 is 92.9 Å². The summed E-state index contributed by atoms with van der Waals surface area (Å²) in [6.07, 6.45) is 0. The molecular formula is C56H35NO. The number of benzene rings is 11. The van der Waals surface area contributed by atoms with Crippen molar-refractivity contribution < 1.29 is 4.42 Å². The quantitative estimate of drug-likeness (QED) is 0.164. The van der Waals surface area contributed by atoms with Gasteiger partial charge in [0.1, 0.15) is 11.2 Å². The molecule has 270 valence electrons. The molecule has 0 amide bonds. The molecule has 0 bridgehead atoms. The fourth-order valence-electron chi connectivity index (χ4n) is 9.24. The van der Waals surface area contributed by atoms with Crippen LogP contribution in [-0.2, 0) is 0 Å². The molecule has 2 nitrogen and oxygen atoms in total. The Morgan fingerprint density at radius 2 is 0.845 bits per heavy atom. The van der Waals surface area contributed by atoms with Crippen LogP contribution in [-0.4, -0.2) is 0 Å². The molecule has 11 aromatic carbocycles. The summed E-state index contributed by atoms with van der Waals surface area (Å²) in [6, 6.07) is 77.1. The zero-order valence-electron chi connectivity index (χ0n) is 31.6. The van der Waals surface area contributed by atoms with Gasteiger partial charge in [-0.25, -0.2) is 0 Å². The molecular weight excluding hydrogens is 703 g/mol. The third-order valence-corrected chi connectivity index (χ3v) is 12.0. The predicted octanol–water partition coefficient (Wildman–Crippen LogP) is 16.2. The van der Waals surface area contributed by atoms with Gasteiger partial charge in [-0.2, -0.15) is 0 Å². The summed E-state index contributed by atoms with van der Waals surface area (Å²) < 4.78 is 6.80. The van der Waals surface area contributed by atoms with E-state index in [4.69, 9.17) is 4.42 Å². The van der Waals surface area contributed by atoms with Crippen LogP contribution >= 0.6 is 0 Å². The Morgan fingerprint density at radius 3 is 1.66 bits per heavy atom. The Bertz CT molecular complexity index is 3580. The average molecular weight is 738 g/mol. The van der Waals surface area contributed by atoms with Crippen molar-refractivity contribution in [3.8, 4) is 22.3 Å². The van der Waals surface area contributed by atoms with Gasteiger partial charge in [-0.15, -0.1) is 0 Å². The molecule has 0 N–H and O–H groups in total. The molecule has 12 rings (SSSR count). The minimum atomic E-state index is 0.893. The lowest BCUT2D eigenvalue weighted by atomic mass is 9.94. The summed E-state index contributed by atoms with van der Waals surface area (Å²) >= 11 is 0. The van der Waals surface area contributed by atoms with E-state index in [-0.39, 0.29) is 0 Å². The van der Waals surface area contributed by atoms with E-state index in [0.717, 1.165) is 50.1 Å². The van der Waals surface area contributed by atoms with Crippen molar-refractivity contribution in [3.63, 3.8) is 0 Å². The van der Waals surface area contributed by atoms with E-state index in [1.54, 1.807) is 0 Å². The smallest absolute Gasteiger partial charge is 0.143 e. The van der Waals surface area contributed by atoms with Crippen LogP contribution in [0.25, 0.3) is 98.1 Å². The number of furan rings is 1. The summed E-state index contributed by atoms with van der Waals surface area (Å²) in [5.41, 5.74) is 9.59. The van der Waals surface area contributed by atoms with Crippen molar-refractivity contribution in [2.45, 2.75) is 0 Å². The van der Waals surface area contributed by atoms with Gasteiger partial charge in [0.2, 0.25) is 0 Å². The van der Waals surface area contributed by atoms with Gasteiger partial charge in [0, 0.05) is 33.3 Å². The topological polar surface area (TPSA) is 16.4 Å². The van der Waals surface area contributed by atoms with Crippen LogP contribution in [0.1, 0.15) is 0 Å². The van der Waals surface area contributed by atoms with Crippen molar-refractivity contribution in [2.75, 3.05) is 4.90 Å². The highest BCUT2D eigenvalue weighted by Gasteiger charge is 2.21. The molecule has 12 aromatic rings. The summed E-state index contributed by atoms with van der Waals surface area (Å²) in [6.45, 7) is 0. The van der Waals surface area contributed by atoms with Gasteiger partial charge in [0.25, 0.3) is 0 Å². The third-order valence-electron chi connectivity index (χ3n) is 12.0. The first-order valence-electron chi connectivity index (χ1n) is 19.9. The summed E-state index contributed by atoms with van der Waals surface area (Å²) in [4.78, 5) is 2.40. The van der Waals surface area contributed by atoms with Gasteiger partial charge in [0.15, 0.2) is 0 Å². The molecule has 58 heavy (non-hydrogen) atoms. The zero-order valence-corrected chi connectivity index (χ0v) is 31.6. The Morgan fingerprint density at radius 1 is 0.293 bits per heavy atom. The Hall–Kier alpha value is -7.68. The number of nitrogens with zero attached hydrogens (tertiary/aromatic N) is 1. The van der Waals surface area contributed by atoms with Gasteiger partial charge < -0.3 is 9.32 Å². The molecule has 0 saturated carbocycles. The maximum absolute atomic E-state index is 6.80. The fraction of sp³-hybridized carbons (Fsp3) is 0. The maximum Gasteiger partial charge on any atom is 0.143 e. The molecule has 0 aliphatic heterocycles. The number of para-hydroxylation sites is 2. The Labute approximate surface area is 335 Å². The first-order valence-corrected chi connectivity index (χ1v) is 19.9. The molecule has 0 fully saturated rings. The summed E-state index contributed by atoms with van der Waals surface area (Å²) in [5.74, 6) is 0. The molecule has 0 radical (unpaired) electrons. The van der Waals surface area contributed by atoms with Gasteiger partial charge in [0.05, 0.1) is 5.69 Å². The van der Waals surface area contributed by atoms with Crippen molar-refractivity contribution in [1.29, 1.82) is 0 Å². The fourth-order valence-corrected chi connectivity index (χ4v) is 9.24. The summed E-state index contributed by atoms with van der Waals surface area (Å²) in [5, 5.41) is 14.6. The minimum absolute atomic E-state index is 0.893. The van der Waals surface area contributed by atoms with E-state index in [0.29, 0.717) is 0 Å². The highest BCUT2D eigenvalue weighted by molar-refractivity contribution is 6.15. The molecule has 0 atom stereocenters. The molecule has 0 aliphatic rings. The molecule has 0 spiro atoms. The van der Waals surface area contributed by atoms with E-state index in [1.165, 1.54) is 65.0 Å². The predicted molar refractivity (Wildman–Crippen MR) is 247 cm³/mol. The van der Waals surface area contributed by atoms with Gasteiger partial charge in [-0.3, -0.25) is 0 Å². The number of rotatable bonds is 5. The van der Waals surface area contributed by atoms with Gasteiger partial charge in [-0.05, 0) is 107 Å². The minimum Gasteiger partial charge on any atom is -0.455 e. The Kier molecular flexibility index (Phi) is 7.26. The van der Waals surface area contributed by atoms with Crippen LogP contribution in [0.3, 0.4) is 0 Å². The third kappa shape index (κ3) is 5.12. The summed E-state index contributed by atoms with van der Waals surface area (Å²) in [7, 11) is 0. The first-order chi connectivity index (χ1) is 28.7. The molecule has 0 saturated heterocycles. The number of hydrogen-bond acceptors (Lipinski definition) is 2. The highest BCUT2D eigenvalue weighted by atomic mass is 16.3. The van der Waals surface area contributed by atoms with Gasteiger partial charge in [-0.1, -0.05) is 170 Å². The SMILES string of the molecule is c1ccc(N(c2ccc(-c3cccc4c3ccc3ccccc34)cc2)c2ccc3c(ccc4ccccc43)c2)c(-c2cccc3c2oc2cc4ccccc4cc23)c1. The van der Waals surface area contributed by atoms with Crippen molar-refractivity contribution in [3.05, 3.63) is 212 Å². The molecule has 2 heteroatoms. The molecule has 0 aliphatic carbocycles. The highest BCUT2D eigenvalue weighted by Crippen LogP contribution is 2.46. The van der Waals surface area contributed by atoms with Crippen LogP contribution in [0.15, 0.2) is 217 Å². The lowest BCUT2D eigenvalue weighted by Crippen LogP contribution is -2.11. The first kappa shape index (κ1) is 32.6. The molecule has 1 aromatic heterocycles. The second-order valence-electron chi connectivity index (χ2n) is 15.3. The van der Waals surface area contributed by atoms with E-state index in [9.17, 15) is 0 Å². The van der Waals surface area contributed by atoms with Crippen LogP contribution < -0.4 is 4.90 Å². The lowest BCUT2D eigenvalue weighted by molar-refractivity contribution is 0.670. The van der Waals surface area contributed by atoms with Crippen LogP contribution in [0.2, 0.25) is 0 Å². The standard InChI is InChI=1S/C56H35NO/c1-2-14-40-35-55-53(34-39(40)13-1)52-21-10-20-51(56(52)58-55)50-17-7-8-22-54(50)57(43-30-32-47-41(33-43)24-23-36-11-3-5-15-44(36)47)42-28-25-38(26-29-42)46-18-9-19-48-45-16-6-4-12-37(45)27-31-49(46)48/h1-35H. The van der Waals surface area contributed by atoms with Crippen molar-refractivity contribution in [1.82, 2.24) is 0 Å². The van der Waals surface area contributed by atoms with E-state index in [2.05, 4.69) is 217 Å². The van der Waals surface area contributed by atoms with Gasteiger partial charge >= 0.3 is 0 Å². The maximum atomic E-state index is 6.80. The van der Waals surface area contributed by atoms with Crippen molar-refractivity contribution in [2.24, 2.45) is 0 Å². The normalized spacial score (nSPS) is 11.8.